The van der Waals surface area contributed by atoms with E-state index in [2.05, 4.69) is 20.4 Å². The van der Waals surface area contributed by atoms with E-state index in [9.17, 15) is 0 Å². The number of hydrogen-bond donors (Lipinski definition) is 0. The molecular weight excluding hydrogens is 204 g/mol. The van der Waals surface area contributed by atoms with E-state index >= 15 is 0 Å². The van der Waals surface area contributed by atoms with Gasteiger partial charge in [0.1, 0.15) is 12.7 Å². The van der Waals surface area contributed by atoms with Gasteiger partial charge in [0, 0.05) is 0 Å². The van der Waals surface area contributed by atoms with Crippen molar-refractivity contribution in [2.45, 2.75) is 0 Å². The molecule has 6 heteroatoms. The molecule has 4 aromatic rings. The quantitative estimate of drug-likeness (QED) is 0.433. The first-order valence-electron chi connectivity index (χ1n) is 4.85. The number of rotatable bonds is 0. The lowest BCUT2D eigenvalue weighted by atomic mass is 10.3. The van der Waals surface area contributed by atoms with Gasteiger partial charge in [-0.3, -0.25) is 8.80 Å². The van der Waals surface area contributed by atoms with Crippen molar-refractivity contribution in [3.05, 3.63) is 36.9 Å². The van der Waals surface area contributed by atoms with Crippen molar-refractivity contribution in [1.29, 1.82) is 0 Å². The van der Waals surface area contributed by atoms with Crippen LogP contribution in [-0.4, -0.2) is 29.2 Å². The van der Waals surface area contributed by atoms with Crippen molar-refractivity contribution in [2.24, 2.45) is 0 Å². The maximum Gasteiger partial charge on any atom is 0.206 e. The molecule has 0 unspecified atom stereocenters. The Hall–Kier alpha value is -2.50. The Morgan fingerprint density at radius 1 is 0.750 bits per heavy atom. The summed E-state index contributed by atoms with van der Waals surface area (Å²) < 4.78 is 3.83. The van der Waals surface area contributed by atoms with Gasteiger partial charge in [-0.05, 0) is 12.1 Å². The van der Waals surface area contributed by atoms with E-state index in [1.807, 2.05) is 33.1 Å². The number of fused-ring (bicyclic) bond motifs is 6. The molecule has 0 bridgehead atoms. The second-order valence-corrected chi connectivity index (χ2v) is 3.54. The fraction of sp³-hybridized carbons (Fsp3) is 0. The van der Waals surface area contributed by atoms with E-state index in [1.165, 1.54) is 0 Å². The van der Waals surface area contributed by atoms with Gasteiger partial charge in [0.05, 0.1) is 11.0 Å². The summed E-state index contributed by atoms with van der Waals surface area (Å²) in [6.45, 7) is 0. The third-order valence-corrected chi connectivity index (χ3v) is 2.70. The maximum atomic E-state index is 4.06. The van der Waals surface area contributed by atoms with Crippen LogP contribution in [0.1, 0.15) is 0 Å². The average Bonchev–Trinajstić information content (AvgIpc) is 2.98. The molecule has 0 amide bonds. The number of para-hydroxylation sites is 2. The van der Waals surface area contributed by atoms with Crippen molar-refractivity contribution >= 4 is 22.3 Å². The highest BCUT2D eigenvalue weighted by Crippen LogP contribution is 2.18. The van der Waals surface area contributed by atoms with E-state index in [1.54, 1.807) is 12.7 Å². The standard InChI is InChI=1S/C10H6N6/c1-2-4-8-7(3-1)15-5-11-13-9(15)10-14-12-6-16(8)10/h1-6H. The zero-order chi connectivity index (χ0) is 10.5. The van der Waals surface area contributed by atoms with E-state index < -0.39 is 0 Å². The monoisotopic (exact) mass is 210 g/mol. The lowest BCUT2D eigenvalue weighted by molar-refractivity contribution is 1.10. The third kappa shape index (κ3) is 0.773. The summed E-state index contributed by atoms with van der Waals surface area (Å²) in [4.78, 5) is 0. The summed E-state index contributed by atoms with van der Waals surface area (Å²) in [6, 6.07) is 8.01. The molecule has 76 valence electrons. The molecule has 0 saturated carbocycles. The minimum absolute atomic E-state index is 0.719. The topological polar surface area (TPSA) is 60.4 Å². The van der Waals surface area contributed by atoms with Gasteiger partial charge in [-0.1, -0.05) is 12.1 Å². The molecule has 4 rings (SSSR count). The highest BCUT2D eigenvalue weighted by atomic mass is 15.3. The fourth-order valence-electron chi connectivity index (χ4n) is 2.00. The minimum atomic E-state index is 0.719. The Balaban J connectivity index is 2.51. The molecule has 0 spiro atoms. The van der Waals surface area contributed by atoms with E-state index in [0.29, 0.717) is 0 Å². The maximum absolute atomic E-state index is 4.06. The van der Waals surface area contributed by atoms with Gasteiger partial charge in [-0.2, -0.15) is 0 Å². The molecule has 0 saturated heterocycles. The van der Waals surface area contributed by atoms with Crippen LogP contribution in [0.4, 0.5) is 0 Å². The highest BCUT2D eigenvalue weighted by Gasteiger charge is 2.10. The Bertz CT molecular complexity index is 743. The van der Waals surface area contributed by atoms with Gasteiger partial charge < -0.3 is 0 Å². The summed E-state index contributed by atoms with van der Waals surface area (Å²) in [7, 11) is 0. The average molecular weight is 210 g/mol. The molecule has 0 atom stereocenters. The summed E-state index contributed by atoms with van der Waals surface area (Å²) in [6.07, 6.45) is 3.37. The van der Waals surface area contributed by atoms with Crippen molar-refractivity contribution in [3.63, 3.8) is 0 Å². The van der Waals surface area contributed by atoms with Gasteiger partial charge in [0.15, 0.2) is 0 Å². The summed E-state index contributed by atoms with van der Waals surface area (Å²) in [5.41, 5.74) is 3.51. The third-order valence-electron chi connectivity index (χ3n) is 2.70. The van der Waals surface area contributed by atoms with Crippen LogP contribution >= 0.6 is 0 Å². The van der Waals surface area contributed by atoms with E-state index in [0.717, 1.165) is 22.3 Å². The van der Waals surface area contributed by atoms with Crippen LogP contribution in [0.15, 0.2) is 36.9 Å². The summed E-state index contributed by atoms with van der Waals surface area (Å²) in [5.74, 6) is 0. The summed E-state index contributed by atoms with van der Waals surface area (Å²) in [5, 5.41) is 15.9. The molecule has 0 aliphatic carbocycles. The largest absolute Gasteiger partial charge is 0.277 e. The Morgan fingerprint density at radius 2 is 1.25 bits per heavy atom. The van der Waals surface area contributed by atoms with Crippen LogP contribution in [-0.2, 0) is 0 Å². The van der Waals surface area contributed by atoms with Crippen LogP contribution < -0.4 is 0 Å². The summed E-state index contributed by atoms with van der Waals surface area (Å²) >= 11 is 0. The minimum Gasteiger partial charge on any atom is -0.277 e. The lowest BCUT2D eigenvalue weighted by Crippen LogP contribution is -1.95. The van der Waals surface area contributed by atoms with Gasteiger partial charge in [0.2, 0.25) is 11.3 Å². The predicted octanol–water partition coefficient (Wildman–Crippen LogP) is 0.925. The van der Waals surface area contributed by atoms with Crippen LogP contribution in [0, 0.1) is 0 Å². The SMILES string of the molecule is c1ccc2c(c1)n1cnnc1c1nncn21. The second-order valence-electron chi connectivity index (χ2n) is 3.54. The zero-order valence-corrected chi connectivity index (χ0v) is 8.15. The van der Waals surface area contributed by atoms with Crippen LogP contribution in [0.3, 0.4) is 0 Å². The fourth-order valence-corrected chi connectivity index (χ4v) is 2.00. The molecule has 0 fully saturated rings. The Kier molecular flexibility index (Phi) is 1.23. The molecule has 0 aliphatic heterocycles. The molecular formula is C10H6N6. The van der Waals surface area contributed by atoms with Crippen molar-refractivity contribution < 1.29 is 0 Å². The number of aromatic nitrogens is 6. The Morgan fingerprint density at radius 3 is 1.75 bits per heavy atom. The first kappa shape index (κ1) is 7.75. The number of benzene rings is 1. The van der Waals surface area contributed by atoms with Crippen molar-refractivity contribution in [1.82, 2.24) is 29.2 Å². The van der Waals surface area contributed by atoms with Crippen LogP contribution in [0.5, 0.6) is 0 Å². The van der Waals surface area contributed by atoms with Crippen molar-refractivity contribution in [3.8, 4) is 0 Å². The molecule has 6 nitrogen and oxygen atoms in total. The zero-order valence-electron chi connectivity index (χ0n) is 8.15. The Labute approximate surface area is 89.2 Å². The number of nitrogens with zero attached hydrogens (tertiary/aromatic N) is 6. The molecule has 16 heavy (non-hydrogen) atoms. The highest BCUT2D eigenvalue weighted by molar-refractivity contribution is 5.84. The van der Waals surface area contributed by atoms with Gasteiger partial charge >= 0.3 is 0 Å². The van der Waals surface area contributed by atoms with E-state index in [-0.39, 0.29) is 0 Å². The molecule has 0 radical (unpaired) electrons. The normalized spacial score (nSPS) is 11.8. The van der Waals surface area contributed by atoms with Crippen LogP contribution in [0.2, 0.25) is 0 Å². The van der Waals surface area contributed by atoms with Gasteiger partial charge in [-0.15, -0.1) is 20.4 Å². The molecule has 0 N–H and O–H groups in total. The smallest absolute Gasteiger partial charge is 0.206 e. The second kappa shape index (κ2) is 2.54. The van der Waals surface area contributed by atoms with E-state index in [4.69, 9.17) is 0 Å². The predicted molar refractivity (Wildman–Crippen MR) is 57.0 cm³/mol. The molecule has 1 aromatic carbocycles. The lowest BCUT2D eigenvalue weighted by Gasteiger charge is -2.03. The van der Waals surface area contributed by atoms with Crippen molar-refractivity contribution in [2.75, 3.05) is 0 Å². The number of hydrogen-bond acceptors (Lipinski definition) is 4. The van der Waals surface area contributed by atoms with Gasteiger partial charge in [-0.25, -0.2) is 0 Å². The first-order chi connectivity index (χ1) is 7.95. The first-order valence-corrected chi connectivity index (χ1v) is 4.85. The van der Waals surface area contributed by atoms with Gasteiger partial charge in [0.25, 0.3) is 0 Å². The molecule has 3 aromatic heterocycles. The molecule has 0 aliphatic rings. The van der Waals surface area contributed by atoms with Crippen LogP contribution in [0.25, 0.3) is 22.3 Å². The molecule has 3 heterocycles.